The number of benzene rings is 2. The Labute approximate surface area is 191 Å². The van der Waals surface area contributed by atoms with Crippen LogP contribution in [0.25, 0.3) is 6.08 Å². The number of fused-ring (bicyclic) bond motifs is 1. The Balaban J connectivity index is 1.90. The first-order chi connectivity index (χ1) is 15.8. The van der Waals surface area contributed by atoms with Crippen molar-refractivity contribution in [3.8, 4) is 5.75 Å². The zero-order valence-corrected chi connectivity index (χ0v) is 18.8. The first-order valence-corrected chi connectivity index (χ1v) is 10.6. The van der Waals surface area contributed by atoms with E-state index in [0.717, 1.165) is 0 Å². The lowest BCUT2D eigenvalue weighted by atomic mass is 9.96. The number of allylic oxidation sites excluding steroid dienone is 1. The highest BCUT2D eigenvalue weighted by Gasteiger charge is 2.33. The molecule has 0 fully saturated rings. The molecule has 33 heavy (non-hydrogen) atoms. The molecule has 1 aliphatic rings. The van der Waals surface area contributed by atoms with Crippen molar-refractivity contribution in [2.75, 3.05) is 14.2 Å². The van der Waals surface area contributed by atoms with Gasteiger partial charge in [0.1, 0.15) is 5.75 Å². The highest BCUT2D eigenvalue weighted by Crippen LogP contribution is 2.31. The Hall–Kier alpha value is -4.05. The van der Waals surface area contributed by atoms with Crippen LogP contribution >= 0.6 is 11.3 Å². The van der Waals surface area contributed by atoms with E-state index >= 15 is 0 Å². The van der Waals surface area contributed by atoms with E-state index in [-0.39, 0.29) is 16.8 Å². The number of nitrogens with zero attached hydrogens (tertiary/aromatic N) is 3. The molecule has 0 saturated carbocycles. The SMILES string of the molecule is COC(=O)C1=C(C)N=c2s/c(=C/c3ccc([N+](=O)[O-])cc3)c(=O)n2C1c1ccc(OC)cc1. The lowest BCUT2D eigenvalue weighted by molar-refractivity contribution is -0.384. The van der Waals surface area contributed by atoms with Gasteiger partial charge in [-0.15, -0.1) is 0 Å². The Bertz CT molecular complexity index is 1450. The number of ether oxygens (including phenoxy) is 2. The van der Waals surface area contributed by atoms with Crippen molar-refractivity contribution in [3.63, 3.8) is 0 Å². The number of carbonyl (C=O) groups excluding carboxylic acids is 1. The van der Waals surface area contributed by atoms with Gasteiger partial charge in [-0.25, -0.2) is 9.79 Å². The highest BCUT2D eigenvalue weighted by molar-refractivity contribution is 7.07. The van der Waals surface area contributed by atoms with Crippen molar-refractivity contribution in [2.24, 2.45) is 4.99 Å². The Morgan fingerprint density at radius 3 is 2.39 bits per heavy atom. The van der Waals surface area contributed by atoms with Crippen LogP contribution in [-0.2, 0) is 9.53 Å². The van der Waals surface area contributed by atoms with Crippen molar-refractivity contribution in [3.05, 3.63) is 101 Å². The quantitative estimate of drug-likeness (QED) is 0.325. The molecule has 3 aromatic rings. The summed E-state index contributed by atoms with van der Waals surface area (Å²) in [6.07, 6.45) is 1.65. The number of hydrogen-bond donors (Lipinski definition) is 0. The summed E-state index contributed by atoms with van der Waals surface area (Å²) in [5.41, 5.74) is 1.71. The summed E-state index contributed by atoms with van der Waals surface area (Å²) in [5, 5.41) is 10.9. The third kappa shape index (κ3) is 4.08. The van der Waals surface area contributed by atoms with E-state index in [4.69, 9.17) is 9.47 Å². The molecule has 9 nitrogen and oxygen atoms in total. The predicted molar refractivity (Wildman–Crippen MR) is 122 cm³/mol. The monoisotopic (exact) mass is 465 g/mol. The van der Waals surface area contributed by atoms with Gasteiger partial charge in [0.05, 0.1) is 41.0 Å². The Kier molecular flexibility index (Phi) is 5.93. The summed E-state index contributed by atoms with van der Waals surface area (Å²) in [7, 11) is 2.84. The summed E-state index contributed by atoms with van der Waals surface area (Å²) in [6.45, 7) is 1.70. The molecular formula is C23H19N3O6S. The van der Waals surface area contributed by atoms with Crippen LogP contribution in [0.4, 0.5) is 5.69 Å². The van der Waals surface area contributed by atoms with Gasteiger partial charge in [-0.3, -0.25) is 19.5 Å². The van der Waals surface area contributed by atoms with Crippen LogP contribution < -0.4 is 19.6 Å². The van der Waals surface area contributed by atoms with E-state index in [1.807, 2.05) is 0 Å². The van der Waals surface area contributed by atoms with E-state index < -0.39 is 16.9 Å². The zero-order chi connectivity index (χ0) is 23.7. The van der Waals surface area contributed by atoms with Crippen LogP contribution in [0.1, 0.15) is 24.1 Å². The van der Waals surface area contributed by atoms with Crippen molar-refractivity contribution in [2.45, 2.75) is 13.0 Å². The second-order valence-corrected chi connectivity index (χ2v) is 8.20. The minimum atomic E-state index is -0.724. The Morgan fingerprint density at radius 1 is 1.15 bits per heavy atom. The molecule has 0 radical (unpaired) electrons. The molecule has 0 saturated heterocycles. The topological polar surface area (TPSA) is 113 Å². The van der Waals surface area contributed by atoms with E-state index in [1.165, 1.54) is 35.1 Å². The van der Waals surface area contributed by atoms with Gasteiger partial charge >= 0.3 is 5.97 Å². The zero-order valence-electron chi connectivity index (χ0n) is 18.0. The molecule has 0 N–H and O–H groups in total. The second-order valence-electron chi connectivity index (χ2n) is 7.20. The minimum Gasteiger partial charge on any atom is -0.497 e. The number of non-ortho nitro benzene ring substituents is 1. The molecule has 4 rings (SSSR count). The number of hydrogen-bond acceptors (Lipinski definition) is 8. The largest absolute Gasteiger partial charge is 0.497 e. The van der Waals surface area contributed by atoms with Crippen molar-refractivity contribution in [1.82, 2.24) is 4.57 Å². The number of aromatic nitrogens is 1. The number of nitro benzene ring substituents is 1. The van der Waals surface area contributed by atoms with Gasteiger partial charge in [-0.05, 0) is 48.4 Å². The lowest BCUT2D eigenvalue weighted by Gasteiger charge is -2.24. The standard InChI is InChI=1S/C23H19N3O6S/c1-13-19(22(28)32-3)20(15-6-10-17(31-2)11-7-15)25-21(27)18(33-23(25)24-13)12-14-4-8-16(9-5-14)26(29)30/h4-12,20H,1-3H3/b18-12+. The van der Waals surface area contributed by atoms with Crippen LogP contribution in [0.15, 0.2) is 69.6 Å². The molecular weight excluding hydrogens is 446 g/mol. The molecule has 0 bridgehead atoms. The van der Waals surface area contributed by atoms with Crippen LogP contribution in [0.2, 0.25) is 0 Å². The maximum absolute atomic E-state index is 13.4. The average molecular weight is 465 g/mol. The van der Waals surface area contributed by atoms with Gasteiger partial charge in [0.15, 0.2) is 4.80 Å². The van der Waals surface area contributed by atoms with Crippen LogP contribution in [0, 0.1) is 10.1 Å². The molecule has 0 amide bonds. The fraction of sp³-hybridized carbons (Fsp3) is 0.174. The number of rotatable bonds is 5. The summed E-state index contributed by atoms with van der Waals surface area (Å²) in [4.78, 5) is 41.4. The first kappa shape index (κ1) is 22.2. The molecule has 2 aromatic carbocycles. The Morgan fingerprint density at radius 2 is 1.82 bits per heavy atom. The summed E-state index contributed by atoms with van der Waals surface area (Å²) >= 11 is 1.18. The molecule has 2 heterocycles. The normalized spacial score (nSPS) is 15.6. The predicted octanol–water partition coefficient (Wildman–Crippen LogP) is 2.33. The minimum absolute atomic E-state index is 0.0357. The summed E-state index contributed by atoms with van der Waals surface area (Å²) in [5.74, 6) is 0.0753. The van der Waals surface area contributed by atoms with Crippen LogP contribution in [-0.4, -0.2) is 29.7 Å². The molecule has 168 valence electrons. The fourth-order valence-corrected chi connectivity index (χ4v) is 4.68. The van der Waals surface area contributed by atoms with Gasteiger partial charge in [0.25, 0.3) is 11.2 Å². The van der Waals surface area contributed by atoms with E-state index in [1.54, 1.807) is 56.5 Å². The van der Waals surface area contributed by atoms with Gasteiger partial charge in [-0.2, -0.15) is 0 Å². The summed E-state index contributed by atoms with van der Waals surface area (Å²) < 4.78 is 12.1. The molecule has 1 atom stereocenters. The van der Waals surface area contributed by atoms with Crippen molar-refractivity contribution in [1.29, 1.82) is 0 Å². The molecule has 1 aromatic heterocycles. The number of carbonyl (C=O) groups is 1. The lowest BCUT2D eigenvalue weighted by Crippen LogP contribution is -2.39. The van der Waals surface area contributed by atoms with Gasteiger partial charge in [-0.1, -0.05) is 23.5 Å². The third-order valence-corrected chi connectivity index (χ3v) is 6.24. The molecule has 1 unspecified atom stereocenters. The average Bonchev–Trinajstić information content (AvgIpc) is 3.12. The molecule has 1 aliphatic heterocycles. The van der Waals surface area contributed by atoms with Gasteiger partial charge < -0.3 is 9.47 Å². The van der Waals surface area contributed by atoms with Crippen molar-refractivity contribution < 1.29 is 19.2 Å². The van der Waals surface area contributed by atoms with Gasteiger partial charge in [0.2, 0.25) is 0 Å². The smallest absolute Gasteiger partial charge is 0.338 e. The maximum Gasteiger partial charge on any atom is 0.338 e. The fourth-order valence-electron chi connectivity index (χ4n) is 3.64. The van der Waals surface area contributed by atoms with Crippen LogP contribution in [0.3, 0.4) is 0 Å². The van der Waals surface area contributed by atoms with Crippen LogP contribution in [0.5, 0.6) is 5.75 Å². The molecule has 10 heteroatoms. The highest BCUT2D eigenvalue weighted by atomic mass is 32.1. The number of nitro groups is 1. The van der Waals surface area contributed by atoms with Gasteiger partial charge in [0, 0.05) is 12.1 Å². The number of thiazole rings is 1. The second kappa shape index (κ2) is 8.83. The van der Waals surface area contributed by atoms with E-state index in [0.29, 0.717) is 31.9 Å². The molecule has 0 aliphatic carbocycles. The third-order valence-electron chi connectivity index (χ3n) is 5.26. The van der Waals surface area contributed by atoms with Crippen molar-refractivity contribution >= 4 is 29.1 Å². The van der Waals surface area contributed by atoms with E-state index in [2.05, 4.69) is 4.99 Å². The molecule has 0 spiro atoms. The maximum atomic E-state index is 13.4. The van der Waals surface area contributed by atoms with E-state index in [9.17, 15) is 19.7 Å². The number of methoxy groups -OCH3 is 2. The number of esters is 1. The summed E-state index contributed by atoms with van der Waals surface area (Å²) in [6, 6.07) is 12.3. The first-order valence-electron chi connectivity index (χ1n) is 9.83.